The van der Waals surface area contributed by atoms with E-state index in [0.29, 0.717) is 13.2 Å². The molecule has 0 atom stereocenters. The van der Waals surface area contributed by atoms with Crippen LogP contribution in [0, 0.1) is 5.41 Å². The average Bonchev–Trinajstić information content (AvgIpc) is 2.01. The molecular weight excluding hydrogens is 202 g/mol. The van der Waals surface area contributed by atoms with Crippen LogP contribution in [-0.4, -0.2) is 31.8 Å². The van der Waals surface area contributed by atoms with Gasteiger partial charge in [0, 0.05) is 6.54 Å². The molecule has 0 N–H and O–H groups in total. The second kappa shape index (κ2) is 4.16. The highest BCUT2D eigenvalue weighted by Gasteiger charge is 2.29. The third-order valence-electron chi connectivity index (χ3n) is 1.90. The first-order chi connectivity index (χ1) is 6.31. The number of hydrogen-bond donors (Lipinski definition) is 0. The molecule has 84 valence electrons. The maximum absolute atomic E-state index is 11.8. The van der Waals surface area contributed by atoms with Crippen LogP contribution in [0.15, 0.2) is 0 Å². The number of rotatable bonds is 2. The van der Waals surface area contributed by atoms with E-state index in [-0.39, 0.29) is 11.2 Å². The Labute approximate surface area is 86.2 Å². The molecule has 1 aliphatic heterocycles. The highest BCUT2D eigenvalue weighted by molar-refractivity contribution is 7.89. The number of hydrogen-bond acceptors (Lipinski definition) is 3. The molecule has 0 unspecified atom stereocenters. The largest absolute Gasteiger partial charge is 0.284 e. The van der Waals surface area contributed by atoms with Gasteiger partial charge in [0.25, 0.3) is 0 Å². The predicted octanol–water partition coefficient (Wildman–Crippen LogP) is 1.39. The van der Waals surface area contributed by atoms with Gasteiger partial charge >= 0.3 is 0 Å². The van der Waals surface area contributed by atoms with Gasteiger partial charge in [-0.1, -0.05) is 25.2 Å². The Morgan fingerprint density at radius 1 is 1.29 bits per heavy atom. The van der Waals surface area contributed by atoms with E-state index in [2.05, 4.69) is 0 Å². The van der Waals surface area contributed by atoms with E-state index in [0.717, 1.165) is 17.3 Å². The maximum Gasteiger partial charge on any atom is 0.236 e. The Morgan fingerprint density at radius 3 is 2.36 bits per heavy atom. The molecule has 0 radical (unpaired) electrons. The quantitative estimate of drug-likeness (QED) is 0.708. The molecule has 1 fully saturated rings. The van der Waals surface area contributed by atoms with Gasteiger partial charge in [0.1, 0.15) is 0 Å². The van der Waals surface area contributed by atoms with Crippen LogP contribution in [0.1, 0.15) is 33.6 Å². The molecule has 0 bridgehead atoms. The number of hydroxylamine groups is 1. The lowest BCUT2D eigenvalue weighted by atomic mass is 10.0. The summed E-state index contributed by atoms with van der Waals surface area (Å²) in [6.07, 6.45) is 1.84. The van der Waals surface area contributed by atoms with Crippen molar-refractivity contribution in [1.82, 2.24) is 4.47 Å². The van der Waals surface area contributed by atoms with Crippen LogP contribution < -0.4 is 0 Å². The van der Waals surface area contributed by atoms with Crippen LogP contribution in [0.3, 0.4) is 0 Å². The molecule has 5 heteroatoms. The van der Waals surface area contributed by atoms with Crippen LogP contribution in [0.25, 0.3) is 0 Å². The lowest BCUT2D eigenvalue weighted by molar-refractivity contribution is -0.109. The van der Waals surface area contributed by atoms with Crippen LogP contribution >= 0.6 is 0 Å². The minimum atomic E-state index is -3.23. The van der Waals surface area contributed by atoms with Gasteiger partial charge < -0.3 is 0 Å². The molecular formula is C9H19NO3S. The number of nitrogens with zero attached hydrogens (tertiary/aromatic N) is 1. The molecule has 0 aliphatic carbocycles. The van der Waals surface area contributed by atoms with E-state index in [9.17, 15) is 8.42 Å². The van der Waals surface area contributed by atoms with Crippen molar-refractivity contribution in [3.63, 3.8) is 0 Å². The summed E-state index contributed by atoms with van der Waals surface area (Å²) in [5, 5.41) is 0. The molecule has 1 heterocycles. The summed E-state index contributed by atoms with van der Waals surface area (Å²) in [4.78, 5) is 5.13. The van der Waals surface area contributed by atoms with E-state index in [4.69, 9.17) is 4.84 Å². The zero-order chi connectivity index (χ0) is 10.8. The van der Waals surface area contributed by atoms with Crippen LogP contribution in [-0.2, 0) is 14.9 Å². The Morgan fingerprint density at radius 2 is 1.93 bits per heavy atom. The summed E-state index contributed by atoms with van der Waals surface area (Å²) in [6.45, 7) is 6.75. The van der Waals surface area contributed by atoms with E-state index in [1.54, 1.807) is 0 Å². The van der Waals surface area contributed by atoms with Crippen LogP contribution in [0.4, 0.5) is 0 Å². The zero-order valence-corrected chi connectivity index (χ0v) is 9.93. The lowest BCUT2D eigenvalue weighted by Gasteiger charge is -2.28. The Kier molecular flexibility index (Phi) is 3.55. The van der Waals surface area contributed by atoms with E-state index >= 15 is 0 Å². The molecule has 0 saturated carbocycles. The first kappa shape index (κ1) is 11.9. The van der Waals surface area contributed by atoms with Crippen molar-refractivity contribution in [3.05, 3.63) is 0 Å². The number of sulfonamides is 1. The van der Waals surface area contributed by atoms with Crippen molar-refractivity contribution in [2.45, 2.75) is 33.6 Å². The van der Waals surface area contributed by atoms with Crippen molar-refractivity contribution in [2.75, 3.05) is 18.9 Å². The topological polar surface area (TPSA) is 46.6 Å². The van der Waals surface area contributed by atoms with E-state index in [1.165, 1.54) is 0 Å². The van der Waals surface area contributed by atoms with Gasteiger partial charge in [-0.25, -0.2) is 8.42 Å². The molecule has 1 rings (SSSR count). The highest BCUT2D eigenvalue weighted by Crippen LogP contribution is 2.20. The van der Waals surface area contributed by atoms with E-state index < -0.39 is 10.0 Å². The minimum Gasteiger partial charge on any atom is -0.284 e. The second-order valence-corrected chi connectivity index (χ2v) is 6.74. The zero-order valence-electron chi connectivity index (χ0n) is 9.12. The highest BCUT2D eigenvalue weighted by atomic mass is 32.2. The monoisotopic (exact) mass is 221 g/mol. The lowest BCUT2D eigenvalue weighted by Crippen LogP contribution is -2.40. The minimum absolute atomic E-state index is 0.139. The van der Waals surface area contributed by atoms with Crippen molar-refractivity contribution in [3.8, 4) is 0 Å². The molecule has 4 nitrogen and oxygen atoms in total. The average molecular weight is 221 g/mol. The molecule has 0 spiro atoms. The first-order valence-electron chi connectivity index (χ1n) is 4.95. The summed E-state index contributed by atoms with van der Waals surface area (Å²) in [7, 11) is -3.23. The van der Waals surface area contributed by atoms with Gasteiger partial charge in [-0.3, -0.25) is 4.84 Å². The summed E-state index contributed by atoms with van der Waals surface area (Å²) in [5.41, 5.74) is -0.223. The van der Waals surface area contributed by atoms with Crippen molar-refractivity contribution in [2.24, 2.45) is 5.41 Å². The summed E-state index contributed by atoms with van der Waals surface area (Å²) >= 11 is 0. The summed E-state index contributed by atoms with van der Waals surface area (Å²) < 4.78 is 24.8. The van der Waals surface area contributed by atoms with Gasteiger partial charge in [0.05, 0.1) is 12.4 Å². The standard InChI is InChI=1S/C9H19NO3S/c1-9(2,3)8-14(11,12)10-6-4-5-7-13-10/h4-8H2,1-3H3. The fourth-order valence-corrected chi connectivity index (χ4v) is 3.29. The molecule has 14 heavy (non-hydrogen) atoms. The third kappa shape index (κ3) is 3.55. The summed E-state index contributed by atoms with van der Waals surface area (Å²) in [5.74, 6) is 0.139. The molecule has 0 aromatic carbocycles. The van der Waals surface area contributed by atoms with Gasteiger partial charge in [-0.2, -0.15) is 0 Å². The van der Waals surface area contributed by atoms with Gasteiger partial charge in [0.15, 0.2) is 0 Å². The van der Waals surface area contributed by atoms with Gasteiger partial charge in [-0.05, 0) is 18.3 Å². The SMILES string of the molecule is CC(C)(C)CS(=O)(=O)N1CCCCO1. The molecule has 0 aromatic rings. The molecule has 1 saturated heterocycles. The first-order valence-corrected chi connectivity index (χ1v) is 6.55. The molecule has 1 aliphatic rings. The van der Waals surface area contributed by atoms with Crippen LogP contribution in [0.5, 0.6) is 0 Å². The van der Waals surface area contributed by atoms with Gasteiger partial charge in [-0.15, -0.1) is 0 Å². The van der Waals surface area contributed by atoms with Gasteiger partial charge in [0.2, 0.25) is 10.0 Å². The normalized spacial score (nSPS) is 21.1. The molecule has 0 amide bonds. The maximum atomic E-state index is 11.8. The third-order valence-corrected chi connectivity index (χ3v) is 4.04. The second-order valence-electron chi connectivity index (χ2n) is 4.88. The smallest absolute Gasteiger partial charge is 0.236 e. The Bertz CT molecular complexity index is 273. The fourth-order valence-electron chi connectivity index (χ4n) is 1.41. The Hall–Kier alpha value is -0.130. The molecule has 0 aromatic heterocycles. The van der Waals surface area contributed by atoms with Crippen molar-refractivity contribution >= 4 is 10.0 Å². The fraction of sp³-hybridized carbons (Fsp3) is 1.00. The van der Waals surface area contributed by atoms with Crippen LogP contribution in [0.2, 0.25) is 0 Å². The summed E-state index contributed by atoms with van der Waals surface area (Å²) in [6, 6.07) is 0. The Balaban J connectivity index is 2.64. The van der Waals surface area contributed by atoms with E-state index in [1.807, 2.05) is 20.8 Å². The van der Waals surface area contributed by atoms with Crippen molar-refractivity contribution < 1.29 is 13.3 Å². The van der Waals surface area contributed by atoms with Crippen molar-refractivity contribution in [1.29, 1.82) is 0 Å². The predicted molar refractivity (Wildman–Crippen MR) is 55.1 cm³/mol.